The molecule has 2 N–H and O–H groups in total. The summed E-state index contributed by atoms with van der Waals surface area (Å²) in [5, 5.41) is 13.2. The molecule has 0 bridgehead atoms. The molecule has 3 fully saturated rings. The lowest BCUT2D eigenvalue weighted by Gasteiger charge is -2.55. The van der Waals surface area contributed by atoms with Gasteiger partial charge in [-0.3, -0.25) is 4.79 Å². The Bertz CT molecular complexity index is 332. The molecule has 2 aliphatic carbocycles. The fourth-order valence-corrected chi connectivity index (χ4v) is 3.15. The van der Waals surface area contributed by atoms with Crippen molar-refractivity contribution in [2.75, 3.05) is 13.2 Å². The maximum absolute atomic E-state index is 12.0. The molecule has 2 saturated carbocycles. The molecule has 0 unspecified atom stereocenters. The average molecular weight is 239 g/mol. The molecule has 1 aliphatic heterocycles. The van der Waals surface area contributed by atoms with Gasteiger partial charge in [-0.1, -0.05) is 6.92 Å². The number of nitrogens with one attached hydrogen (secondary N) is 1. The Morgan fingerprint density at radius 3 is 2.47 bits per heavy atom. The number of carbonyl (C=O) groups is 1. The van der Waals surface area contributed by atoms with Gasteiger partial charge in [0.1, 0.15) is 0 Å². The van der Waals surface area contributed by atoms with Crippen LogP contribution in [-0.2, 0) is 9.53 Å². The molecule has 0 aromatic heterocycles. The van der Waals surface area contributed by atoms with Crippen LogP contribution in [0, 0.1) is 10.8 Å². The molecule has 17 heavy (non-hydrogen) atoms. The number of carbonyl (C=O) groups excluding carboxylic acids is 1. The smallest absolute Gasteiger partial charge is 0.226 e. The molecule has 4 heteroatoms. The van der Waals surface area contributed by atoms with Gasteiger partial charge in [-0.15, -0.1) is 0 Å². The minimum absolute atomic E-state index is 0.0981. The number of amides is 1. The number of rotatable bonds is 2. The normalized spacial score (nSPS) is 37.3. The summed E-state index contributed by atoms with van der Waals surface area (Å²) < 4.78 is 5.36. The lowest BCUT2D eigenvalue weighted by molar-refractivity contribution is -0.158. The van der Waals surface area contributed by atoms with Crippen molar-refractivity contribution in [3.05, 3.63) is 0 Å². The van der Waals surface area contributed by atoms with Crippen LogP contribution < -0.4 is 5.32 Å². The van der Waals surface area contributed by atoms with Gasteiger partial charge >= 0.3 is 0 Å². The summed E-state index contributed by atoms with van der Waals surface area (Å²) in [5.41, 5.74) is -0.216. The number of aliphatic hydroxyl groups excluding tert-OH is 1. The summed E-state index contributed by atoms with van der Waals surface area (Å²) in [6.07, 6.45) is 4.20. The van der Waals surface area contributed by atoms with E-state index in [0.29, 0.717) is 19.6 Å². The molecule has 0 aromatic rings. The Labute approximate surface area is 102 Å². The first-order valence-corrected chi connectivity index (χ1v) is 6.64. The standard InChI is InChI=1S/C13H21NO3/c1-12(2-3-12)11(16)14-9-8-10(15)13(9)4-6-17-7-5-13/h9-10,15H,2-8H2,1H3,(H,14,16)/t9-,10-/m0/s1. The third-order valence-corrected chi connectivity index (χ3v) is 5.09. The number of ether oxygens (including phenoxy) is 1. The van der Waals surface area contributed by atoms with E-state index in [9.17, 15) is 9.90 Å². The van der Waals surface area contributed by atoms with Gasteiger partial charge in [-0.05, 0) is 32.1 Å². The van der Waals surface area contributed by atoms with Crippen molar-refractivity contribution in [3.63, 3.8) is 0 Å². The summed E-state index contributed by atoms with van der Waals surface area (Å²) in [5.74, 6) is 0.181. The van der Waals surface area contributed by atoms with Crippen LogP contribution in [0.25, 0.3) is 0 Å². The molecule has 1 spiro atoms. The summed E-state index contributed by atoms with van der Waals surface area (Å²) >= 11 is 0. The first kappa shape index (κ1) is 11.5. The highest BCUT2D eigenvalue weighted by atomic mass is 16.5. The van der Waals surface area contributed by atoms with Gasteiger partial charge in [0.25, 0.3) is 0 Å². The van der Waals surface area contributed by atoms with Crippen molar-refractivity contribution < 1.29 is 14.6 Å². The zero-order chi connectivity index (χ0) is 12.1. The van der Waals surface area contributed by atoms with Crippen molar-refractivity contribution in [1.82, 2.24) is 5.32 Å². The van der Waals surface area contributed by atoms with Gasteiger partial charge in [0, 0.05) is 30.1 Å². The molecule has 2 atom stereocenters. The molecule has 1 heterocycles. The van der Waals surface area contributed by atoms with Crippen LogP contribution in [0.4, 0.5) is 0 Å². The monoisotopic (exact) mass is 239 g/mol. The van der Waals surface area contributed by atoms with Crippen LogP contribution in [0.5, 0.6) is 0 Å². The van der Waals surface area contributed by atoms with Crippen LogP contribution >= 0.6 is 0 Å². The zero-order valence-electron chi connectivity index (χ0n) is 10.4. The predicted octanol–water partition coefficient (Wildman–Crippen LogP) is 0.833. The van der Waals surface area contributed by atoms with Crippen molar-refractivity contribution in [1.29, 1.82) is 0 Å². The maximum atomic E-state index is 12.0. The van der Waals surface area contributed by atoms with Gasteiger partial charge in [0.05, 0.1) is 6.10 Å². The van der Waals surface area contributed by atoms with Crippen molar-refractivity contribution in [2.24, 2.45) is 10.8 Å². The van der Waals surface area contributed by atoms with E-state index < -0.39 is 0 Å². The zero-order valence-corrected chi connectivity index (χ0v) is 10.4. The third kappa shape index (κ3) is 1.69. The second kappa shape index (κ2) is 3.69. The van der Waals surface area contributed by atoms with E-state index in [1.54, 1.807) is 0 Å². The molecule has 96 valence electrons. The number of aliphatic hydroxyl groups is 1. The first-order chi connectivity index (χ1) is 8.07. The minimum atomic E-state index is -0.260. The van der Waals surface area contributed by atoms with E-state index in [1.165, 1.54) is 0 Å². The van der Waals surface area contributed by atoms with Gasteiger partial charge in [-0.25, -0.2) is 0 Å². The quantitative estimate of drug-likeness (QED) is 0.750. The van der Waals surface area contributed by atoms with E-state index in [0.717, 1.165) is 25.7 Å². The fraction of sp³-hybridized carbons (Fsp3) is 0.923. The SMILES string of the molecule is CC1(C(=O)N[C@H]2C[C@H](O)C23CCOCC3)CC1. The second-order valence-corrected chi connectivity index (χ2v) is 6.18. The lowest BCUT2D eigenvalue weighted by Crippen LogP contribution is -2.66. The highest BCUT2D eigenvalue weighted by Gasteiger charge is 2.57. The van der Waals surface area contributed by atoms with Gasteiger partial charge in [0.15, 0.2) is 0 Å². The van der Waals surface area contributed by atoms with Crippen LogP contribution in [0.2, 0.25) is 0 Å². The summed E-state index contributed by atoms with van der Waals surface area (Å²) in [6.45, 7) is 3.44. The highest BCUT2D eigenvalue weighted by Crippen LogP contribution is 2.51. The second-order valence-electron chi connectivity index (χ2n) is 6.18. The Balaban J connectivity index is 1.65. The number of hydrogen-bond donors (Lipinski definition) is 2. The molecule has 0 radical (unpaired) electrons. The third-order valence-electron chi connectivity index (χ3n) is 5.09. The summed E-state index contributed by atoms with van der Waals surface area (Å²) in [7, 11) is 0. The predicted molar refractivity (Wildman–Crippen MR) is 62.4 cm³/mol. The molecule has 3 rings (SSSR count). The average Bonchev–Trinajstić information content (AvgIpc) is 3.09. The molecule has 3 aliphatic rings. The molecular formula is C13H21NO3. The van der Waals surface area contributed by atoms with Crippen LogP contribution in [0.1, 0.15) is 39.0 Å². The Kier molecular flexibility index (Phi) is 2.49. The van der Waals surface area contributed by atoms with Crippen molar-refractivity contribution in [3.8, 4) is 0 Å². The maximum Gasteiger partial charge on any atom is 0.226 e. The Hall–Kier alpha value is -0.610. The van der Waals surface area contributed by atoms with Crippen LogP contribution in [0.3, 0.4) is 0 Å². The highest BCUT2D eigenvalue weighted by molar-refractivity contribution is 5.85. The van der Waals surface area contributed by atoms with Crippen LogP contribution in [0.15, 0.2) is 0 Å². The summed E-state index contributed by atoms with van der Waals surface area (Å²) in [6, 6.07) is 0.159. The Morgan fingerprint density at radius 2 is 1.94 bits per heavy atom. The largest absolute Gasteiger partial charge is 0.392 e. The molecule has 1 saturated heterocycles. The van der Waals surface area contributed by atoms with Crippen LogP contribution in [-0.4, -0.2) is 36.4 Å². The lowest BCUT2D eigenvalue weighted by atomic mass is 9.57. The first-order valence-electron chi connectivity index (χ1n) is 6.64. The van der Waals surface area contributed by atoms with E-state index in [1.807, 2.05) is 6.92 Å². The molecule has 0 aromatic carbocycles. The molecule has 4 nitrogen and oxygen atoms in total. The van der Waals surface area contributed by atoms with Crippen molar-refractivity contribution in [2.45, 2.75) is 51.2 Å². The van der Waals surface area contributed by atoms with Gasteiger partial charge in [-0.2, -0.15) is 0 Å². The van der Waals surface area contributed by atoms with E-state index in [2.05, 4.69) is 5.32 Å². The minimum Gasteiger partial charge on any atom is -0.392 e. The number of hydrogen-bond acceptors (Lipinski definition) is 3. The van der Waals surface area contributed by atoms with Gasteiger partial charge < -0.3 is 15.2 Å². The van der Waals surface area contributed by atoms with E-state index >= 15 is 0 Å². The molecule has 1 amide bonds. The van der Waals surface area contributed by atoms with E-state index in [4.69, 9.17) is 4.74 Å². The van der Waals surface area contributed by atoms with E-state index in [-0.39, 0.29) is 28.9 Å². The Morgan fingerprint density at radius 1 is 1.29 bits per heavy atom. The topological polar surface area (TPSA) is 58.6 Å². The molecular weight excluding hydrogens is 218 g/mol. The van der Waals surface area contributed by atoms with Crippen molar-refractivity contribution >= 4 is 5.91 Å². The fourth-order valence-electron chi connectivity index (χ4n) is 3.15. The summed E-state index contributed by atoms with van der Waals surface area (Å²) in [4.78, 5) is 12.0. The van der Waals surface area contributed by atoms with Gasteiger partial charge in [0.2, 0.25) is 5.91 Å².